The van der Waals surface area contributed by atoms with Gasteiger partial charge in [0.2, 0.25) is 0 Å². The molecular formula is C19H17F2N5O4. The number of benzene rings is 1. The van der Waals surface area contributed by atoms with Gasteiger partial charge in [0.25, 0.3) is 11.8 Å². The molecule has 1 atom stereocenters. The second-order valence-electron chi connectivity index (χ2n) is 6.65. The first-order valence-corrected chi connectivity index (χ1v) is 8.98. The van der Waals surface area contributed by atoms with Crippen LogP contribution in [0.15, 0.2) is 24.4 Å². The Morgan fingerprint density at radius 2 is 2.13 bits per heavy atom. The average molecular weight is 417 g/mol. The summed E-state index contributed by atoms with van der Waals surface area (Å²) in [5, 5.41) is 7.02. The van der Waals surface area contributed by atoms with Gasteiger partial charge in [-0.1, -0.05) is 0 Å². The van der Waals surface area contributed by atoms with Crippen LogP contribution in [0.5, 0.6) is 5.75 Å². The molecule has 2 amide bonds. The summed E-state index contributed by atoms with van der Waals surface area (Å²) in [6, 6.07) is 2.77. The zero-order chi connectivity index (χ0) is 21.4. The topological polar surface area (TPSA) is 121 Å². The van der Waals surface area contributed by atoms with Crippen LogP contribution in [-0.2, 0) is 11.3 Å². The van der Waals surface area contributed by atoms with Gasteiger partial charge in [0, 0.05) is 31.4 Å². The van der Waals surface area contributed by atoms with Crippen molar-refractivity contribution in [2.24, 2.45) is 5.73 Å². The van der Waals surface area contributed by atoms with Crippen molar-refractivity contribution in [1.82, 2.24) is 19.9 Å². The van der Waals surface area contributed by atoms with E-state index in [1.165, 1.54) is 23.9 Å². The van der Waals surface area contributed by atoms with Gasteiger partial charge in [-0.2, -0.15) is 5.10 Å². The molecule has 9 nitrogen and oxygen atoms in total. The van der Waals surface area contributed by atoms with Gasteiger partial charge in [0.15, 0.2) is 17.3 Å². The molecule has 3 N–H and O–H groups in total. The Bertz CT molecular complexity index is 1160. The summed E-state index contributed by atoms with van der Waals surface area (Å²) in [6.07, 6.45) is 1.71. The molecule has 1 aliphatic heterocycles. The molecule has 0 saturated heterocycles. The minimum atomic E-state index is -1.04. The van der Waals surface area contributed by atoms with Gasteiger partial charge in [0.05, 0.1) is 19.3 Å². The van der Waals surface area contributed by atoms with Gasteiger partial charge < -0.3 is 20.5 Å². The summed E-state index contributed by atoms with van der Waals surface area (Å²) in [6.45, 7) is 0.223. The minimum Gasteiger partial charge on any atom is -0.493 e. The van der Waals surface area contributed by atoms with E-state index in [0.29, 0.717) is 12.0 Å². The third-order valence-electron chi connectivity index (χ3n) is 4.75. The van der Waals surface area contributed by atoms with Crippen LogP contribution >= 0.6 is 0 Å². The number of aromatic nitrogens is 3. The number of fused-ring (bicyclic) bond motifs is 2. The normalized spacial score (nSPS) is 15.5. The van der Waals surface area contributed by atoms with Crippen LogP contribution in [0.1, 0.15) is 44.6 Å². The van der Waals surface area contributed by atoms with E-state index in [2.05, 4.69) is 15.4 Å². The molecule has 4 rings (SSSR count). The highest BCUT2D eigenvalue weighted by Gasteiger charge is 2.28. The van der Waals surface area contributed by atoms with Gasteiger partial charge in [-0.05, 0) is 12.1 Å². The molecule has 3 heterocycles. The molecule has 1 aromatic carbocycles. The molecule has 0 fully saturated rings. The standard InChI is InChI=1S/C19H17F2N5O4/c1-29-8-13-16(17(22)27)18-23-4-2-14(26(18)25-13)19(28)24-12-3-5-30-15-7-11(21)10(20)6-9(12)15/h2,4,6-7,12H,3,5,8H2,1H3,(H2,22,27)(H,24,28). The number of methoxy groups -OCH3 is 1. The maximum atomic E-state index is 13.7. The Hall–Kier alpha value is -3.60. The zero-order valence-corrected chi connectivity index (χ0v) is 15.8. The molecule has 0 saturated carbocycles. The molecule has 30 heavy (non-hydrogen) atoms. The third kappa shape index (κ3) is 3.32. The van der Waals surface area contributed by atoms with Crippen LogP contribution in [-0.4, -0.2) is 40.1 Å². The fourth-order valence-corrected chi connectivity index (χ4v) is 3.42. The Kier molecular flexibility index (Phi) is 5.04. The SMILES string of the molecule is COCc1nn2c(C(=O)NC3CCOc4cc(F)c(F)cc43)ccnc2c1C(N)=O. The highest BCUT2D eigenvalue weighted by atomic mass is 19.2. The number of nitrogens with zero attached hydrogens (tertiary/aromatic N) is 3. The van der Waals surface area contributed by atoms with Gasteiger partial charge >= 0.3 is 0 Å². The monoisotopic (exact) mass is 417 g/mol. The van der Waals surface area contributed by atoms with Crippen molar-refractivity contribution < 1.29 is 27.8 Å². The number of nitrogens with one attached hydrogen (secondary N) is 1. The van der Waals surface area contributed by atoms with Crippen molar-refractivity contribution in [3.8, 4) is 5.75 Å². The minimum absolute atomic E-state index is 0.000866. The second-order valence-corrected chi connectivity index (χ2v) is 6.65. The van der Waals surface area contributed by atoms with Crippen molar-refractivity contribution in [1.29, 1.82) is 0 Å². The van der Waals surface area contributed by atoms with E-state index >= 15 is 0 Å². The summed E-state index contributed by atoms with van der Waals surface area (Å²) in [7, 11) is 1.43. The maximum absolute atomic E-state index is 13.7. The van der Waals surface area contributed by atoms with Gasteiger partial charge in [-0.25, -0.2) is 18.3 Å². The van der Waals surface area contributed by atoms with Crippen molar-refractivity contribution >= 4 is 17.5 Å². The van der Waals surface area contributed by atoms with E-state index in [4.69, 9.17) is 15.2 Å². The number of carbonyl (C=O) groups is 2. The summed E-state index contributed by atoms with van der Waals surface area (Å²) < 4.78 is 38.8. The van der Waals surface area contributed by atoms with E-state index in [9.17, 15) is 18.4 Å². The number of ether oxygens (including phenoxy) is 2. The van der Waals surface area contributed by atoms with Gasteiger partial charge in [0.1, 0.15) is 22.7 Å². The first-order valence-electron chi connectivity index (χ1n) is 8.98. The number of nitrogens with two attached hydrogens (primary N) is 1. The lowest BCUT2D eigenvalue weighted by Crippen LogP contribution is -2.33. The average Bonchev–Trinajstić information content (AvgIpc) is 3.08. The molecule has 156 valence electrons. The predicted molar refractivity (Wildman–Crippen MR) is 98.9 cm³/mol. The molecule has 0 aliphatic carbocycles. The first-order chi connectivity index (χ1) is 14.4. The predicted octanol–water partition coefficient (Wildman–Crippen LogP) is 1.51. The largest absolute Gasteiger partial charge is 0.493 e. The quantitative estimate of drug-likeness (QED) is 0.649. The number of primary amides is 1. The molecule has 0 spiro atoms. The highest BCUT2D eigenvalue weighted by molar-refractivity contribution is 6.01. The summed E-state index contributed by atoms with van der Waals surface area (Å²) in [4.78, 5) is 28.9. The zero-order valence-electron chi connectivity index (χ0n) is 15.8. The molecular weight excluding hydrogens is 400 g/mol. The second kappa shape index (κ2) is 7.67. The fraction of sp³-hybridized carbons (Fsp3) is 0.263. The van der Waals surface area contributed by atoms with Gasteiger partial charge in [-0.3, -0.25) is 9.59 Å². The number of hydrogen-bond acceptors (Lipinski definition) is 6. The molecule has 0 radical (unpaired) electrons. The lowest BCUT2D eigenvalue weighted by molar-refractivity contribution is 0.0915. The van der Waals surface area contributed by atoms with Crippen LogP contribution in [0, 0.1) is 11.6 Å². The first kappa shape index (κ1) is 19.7. The van der Waals surface area contributed by atoms with Crippen LogP contribution in [0.4, 0.5) is 8.78 Å². The van der Waals surface area contributed by atoms with E-state index < -0.39 is 29.5 Å². The number of rotatable bonds is 5. The molecule has 1 aliphatic rings. The van der Waals surface area contributed by atoms with E-state index in [1.54, 1.807) is 0 Å². The number of halogens is 2. The summed E-state index contributed by atoms with van der Waals surface area (Å²) in [5.74, 6) is -3.20. The Morgan fingerprint density at radius 3 is 2.87 bits per heavy atom. The lowest BCUT2D eigenvalue weighted by atomic mass is 10.00. The van der Waals surface area contributed by atoms with E-state index in [0.717, 1.165) is 12.1 Å². The molecule has 2 aromatic heterocycles. The highest BCUT2D eigenvalue weighted by Crippen LogP contribution is 2.34. The molecule has 11 heteroatoms. The Labute approximate surface area is 168 Å². The summed E-state index contributed by atoms with van der Waals surface area (Å²) in [5.41, 5.74) is 6.27. The molecule has 1 unspecified atom stereocenters. The molecule has 3 aromatic rings. The van der Waals surface area contributed by atoms with Crippen molar-refractivity contribution in [2.75, 3.05) is 13.7 Å². The van der Waals surface area contributed by atoms with E-state index in [1.807, 2.05) is 0 Å². The Balaban J connectivity index is 1.71. The van der Waals surface area contributed by atoms with E-state index in [-0.39, 0.29) is 41.6 Å². The Morgan fingerprint density at radius 1 is 1.37 bits per heavy atom. The lowest BCUT2D eigenvalue weighted by Gasteiger charge is -2.26. The third-order valence-corrected chi connectivity index (χ3v) is 4.75. The maximum Gasteiger partial charge on any atom is 0.270 e. The van der Waals surface area contributed by atoms with Gasteiger partial charge in [-0.15, -0.1) is 0 Å². The van der Waals surface area contributed by atoms with Crippen LogP contribution in [0.2, 0.25) is 0 Å². The number of hydrogen-bond donors (Lipinski definition) is 2. The smallest absolute Gasteiger partial charge is 0.270 e. The van der Waals surface area contributed by atoms with Crippen molar-refractivity contribution in [2.45, 2.75) is 19.1 Å². The van der Waals surface area contributed by atoms with Crippen LogP contribution in [0.3, 0.4) is 0 Å². The number of carbonyl (C=O) groups excluding carboxylic acids is 2. The summed E-state index contributed by atoms with van der Waals surface area (Å²) >= 11 is 0. The fourth-order valence-electron chi connectivity index (χ4n) is 3.42. The van der Waals surface area contributed by atoms with Crippen LogP contribution < -0.4 is 15.8 Å². The van der Waals surface area contributed by atoms with Crippen molar-refractivity contribution in [3.05, 3.63) is 58.5 Å². The van der Waals surface area contributed by atoms with Crippen molar-refractivity contribution in [3.63, 3.8) is 0 Å². The van der Waals surface area contributed by atoms with Crippen LogP contribution in [0.25, 0.3) is 5.65 Å². The molecule has 0 bridgehead atoms. The number of amides is 2.